The molecule has 3 heteroatoms. The van der Waals surface area contributed by atoms with E-state index in [1.807, 2.05) is 12.1 Å². The van der Waals surface area contributed by atoms with Crippen molar-refractivity contribution in [2.45, 2.75) is 37.5 Å². The van der Waals surface area contributed by atoms with E-state index in [0.717, 1.165) is 55.6 Å². The van der Waals surface area contributed by atoms with Gasteiger partial charge in [-0.2, -0.15) is 0 Å². The molecule has 3 nitrogen and oxygen atoms in total. The SMILES string of the molecule is c1ccc(-c2cc(-c3ccccc3)nc(-c3ccc4oc5c(-c6cccc7c6-c6ccccc6C76CCCCC6)cccc5c4c3)n2)cc1. The zero-order valence-corrected chi connectivity index (χ0v) is 27.2. The van der Waals surface area contributed by atoms with Crippen LogP contribution >= 0.6 is 0 Å². The Morgan fingerprint density at radius 2 is 1.10 bits per heavy atom. The summed E-state index contributed by atoms with van der Waals surface area (Å²) in [7, 11) is 0. The largest absolute Gasteiger partial charge is 0.455 e. The van der Waals surface area contributed by atoms with E-state index in [1.165, 1.54) is 59.9 Å². The molecule has 1 spiro atoms. The van der Waals surface area contributed by atoms with Gasteiger partial charge in [0.05, 0.1) is 11.4 Å². The smallest absolute Gasteiger partial charge is 0.160 e. The first-order valence-corrected chi connectivity index (χ1v) is 17.5. The van der Waals surface area contributed by atoms with Gasteiger partial charge in [0.2, 0.25) is 0 Å². The Morgan fingerprint density at radius 3 is 1.86 bits per heavy atom. The molecule has 0 aliphatic heterocycles. The van der Waals surface area contributed by atoms with Gasteiger partial charge in [-0.25, -0.2) is 9.97 Å². The fraction of sp³-hybridized carbons (Fsp3) is 0.130. The number of hydrogen-bond acceptors (Lipinski definition) is 3. The number of aromatic nitrogens is 2. The third-order valence-electron chi connectivity index (χ3n) is 10.9. The number of para-hydroxylation sites is 1. The number of nitrogens with zero attached hydrogens (tertiary/aromatic N) is 2. The molecule has 8 aromatic rings. The average molecular weight is 631 g/mol. The van der Waals surface area contributed by atoms with E-state index in [1.54, 1.807) is 0 Å². The van der Waals surface area contributed by atoms with Crippen molar-refractivity contribution < 1.29 is 4.42 Å². The summed E-state index contributed by atoms with van der Waals surface area (Å²) >= 11 is 0. The number of fused-ring (bicyclic) bond motifs is 8. The fourth-order valence-electron chi connectivity index (χ4n) is 8.66. The van der Waals surface area contributed by atoms with Crippen LogP contribution in [-0.2, 0) is 5.41 Å². The second-order valence-electron chi connectivity index (χ2n) is 13.6. The number of hydrogen-bond donors (Lipinski definition) is 0. The average Bonchev–Trinajstić information content (AvgIpc) is 3.69. The van der Waals surface area contributed by atoms with E-state index in [9.17, 15) is 0 Å². The molecule has 0 radical (unpaired) electrons. The summed E-state index contributed by atoms with van der Waals surface area (Å²) in [5.74, 6) is 0.697. The van der Waals surface area contributed by atoms with Gasteiger partial charge in [0, 0.05) is 38.4 Å². The number of furan rings is 1. The summed E-state index contributed by atoms with van der Waals surface area (Å²) in [5.41, 5.74) is 15.0. The van der Waals surface area contributed by atoms with Gasteiger partial charge < -0.3 is 4.42 Å². The summed E-state index contributed by atoms with van der Waals surface area (Å²) in [6.07, 6.45) is 6.33. The summed E-state index contributed by atoms with van der Waals surface area (Å²) in [6.45, 7) is 0. The summed E-state index contributed by atoms with van der Waals surface area (Å²) in [4.78, 5) is 10.2. The van der Waals surface area contributed by atoms with Gasteiger partial charge in [-0.05, 0) is 64.9 Å². The lowest BCUT2D eigenvalue weighted by molar-refractivity contribution is 0.353. The van der Waals surface area contributed by atoms with E-state index in [2.05, 4.69) is 133 Å². The maximum Gasteiger partial charge on any atom is 0.160 e. The first-order valence-electron chi connectivity index (χ1n) is 17.5. The summed E-state index contributed by atoms with van der Waals surface area (Å²) < 4.78 is 6.76. The summed E-state index contributed by atoms with van der Waals surface area (Å²) in [5, 5.41) is 2.18. The van der Waals surface area contributed by atoms with Crippen LogP contribution in [0.3, 0.4) is 0 Å². The van der Waals surface area contributed by atoms with Gasteiger partial charge in [0.25, 0.3) is 0 Å². The van der Waals surface area contributed by atoms with Crippen LogP contribution < -0.4 is 0 Å². The Labute approximate surface area is 285 Å². The lowest BCUT2D eigenvalue weighted by Gasteiger charge is -2.36. The molecule has 10 rings (SSSR count). The summed E-state index contributed by atoms with van der Waals surface area (Å²) in [6, 6.07) is 51.8. The van der Waals surface area contributed by atoms with Crippen molar-refractivity contribution in [1.82, 2.24) is 9.97 Å². The minimum Gasteiger partial charge on any atom is -0.455 e. The van der Waals surface area contributed by atoms with Gasteiger partial charge in [-0.3, -0.25) is 0 Å². The van der Waals surface area contributed by atoms with Crippen molar-refractivity contribution in [3.8, 4) is 56.2 Å². The molecule has 0 N–H and O–H groups in total. The van der Waals surface area contributed by atoms with Crippen LogP contribution in [0.5, 0.6) is 0 Å². The monoisotopic (exact) mass is 630 g/mol. The lowest BCUT2D eigenvalue weighted by atomic mass is 9.68. The molecule has 49 heavy (non-hydrogen) atoms. The third kappa shape index (κ3) is 4.42. The molecular formula is C46H34N2O. The van der Waals surface area contributed by atoms with E-state index in [4.69, 9.17) is 14.4 Å². The van der Waals surface area contributed by atoms with Crippen LogP contribution in [0.15, 0.2) is 150 Å². The van der Waals surface area contributed by atoms with E-state index in [0.29, 0.717) is 5.82 Å². The second-order valence-corrected chi connectivity index (χ2v) is 13.6. The van der Waals surface area contributed by atoms with Crippen molar-refractivity contribution in [2.75, 3.05) is 0 Å². The van der Waals surface area contributed by atoms with Crippen LogP contribution in [-0.4, -0.2) is 9.97 Å². The van der Waals surface area contributed by atoms with Gasteiger partial charge in [0.15, 0.2) is 5.82 Å². The molecule has 0 atom stereocenters. The Bertz CT molecular complexity index is 2470. The van der Waals surface area contributed by atoms with E-state index in [-0.39, 0.29) is 5.41 Å². The van der Waals surface area contributed by atoms with Crippen molar-refractivity contribution in [3.05, 3.63) is 157 Å². The highest BCUT2D eigenvalue weighted by Gasteiger charge is 2.44. The highest BCUT2D eigenvalue weighted by atomic mass is 16.3. The molecule has 0 bridgehead atoms. The Balaban J connectivity index is 1.14. The van der Waals surface area contributed by atoms with Crippen LogP contribution in [0.2, 0.25) is 0 Å². The van der Waals surface area contributed by atoms with Gasteiger partial charge in [-0.1, -0.05) is 141 Å². The fourth-order valence-corrected chi connectivity index (χ4v) is 8.66. The Hall–Kier alpha value is -5.80. The first kappa shape index (κ1) is 28.2. The molecule has 2 heterocycles. The molecule has 1 saturated carbocycles. The van der Waals surface area contributed by atoms with E-state index < -0.39 is 0 Å². The van der Waals surface area contributed by atoms with E-state index >= 15 is 0 Å². The second kappa shape index (κ2) is 11.1. The zero-order chi connectivity index (χ0) is 32.4. The molecule has 6 aromatic carbocycles. The van der Waals surface area contributed by atoms with Crippen LogP contribution in [0.25, 0.3) is 78.1 Å². The van der Waals surface area contributed by atoms with Gasteiger partial charge in [0.1, 0.15) is 11.2 Å². The zero-order valence-electron chi connectivity index (χ0n) is 27.2. The molecule has 0 unspecified atom stereocenters. The predicted molar refractivity (Wildman–Crippen MR) is 200 cm³/mol. The standard InChI is InChI=1S/C46H34N2O/c1-4-14-30(15-5-1)40-29-41(31-16-6-2-7-17-31)48-45(47-40)32-24-25-42-37(28-32)35-21-12-20-34(44(35)49-42)33-19-13-23-39-43(33)36-18-8-9-22-38(36)46(39)26-10-3-11-27-46/h1-2,4-9,12-25,28-29H,3,10-11,26-27H2. The molecular weight excluding hydrogens is 597 g/mol. The maximum atomic E-state index is 6.76. The molecule has 2 aromatic heterocycles. The van der Waals surface area contributed by atoms with Crippen molar-refractivity contribution in [1.29, 1.82) is 0 Å². The molecule has 2 aliphatic rings. The van der Waals surface area contributed by atoms with Crippen molar-refractivity contribution in [2.24, 2.45) is 0 Å². The Morgan fingerprint density at radius 1 is 0.469 bits per heavy atom. The predicted octanol–water partition coefficient (Wildman–Crippen LogP) is 12.3. The van der Waals surface area contributed by atoms with Crippen molar-refractivity contribution >= 4 is 21.9 Å². The lowest BCUT2D eigenvalue weighted by Crippen LogP contribution is -2.27. The topological polar surface area (TPSA) is 38.9 Å². The minimum absolute atomic E-state index is 0.115. The number of benzene rings is 6. The highest BCUT2D eigenvalue weighted by Crippen LogP contribution is 2.58. The molecule has 2 aliphatic carbocycles. The Kier molecular flexibility index (Phi) is 6.42. The molecule has 1 fully saturated rings. The van der Waals surface area contributed by atoms with Crippen molar-refractivity contribution in [3.63, 3.8) is 0 Å². The first-order chi connectivity index (χ1) is 24.3. The van der Waals surface area contributed by atoms with Gasteiger partial charge >= 0.3 is 0 Å². The minimum atomic E-state index is 0.115. The van der Waals surface area contributed by atoms with Gasteiger partial charge in [-0.15, -0.1) is 0 Å². The normalized spacial score (nSPS) is 14.7. The highest BCUT2D eigenvalue weighted by molar-refractivity contribution is 6.12. The van der Waals surface area contributed by atoms with Crippen LogP contribution in [0.4, 0.5) is 0 Å². The van der Waals surface area contributed by atoms with Crippen LogP contribution in [0.1, 0.15) is 43.2 Å². The quantitative estimate of drug-likeness (QED) is 0.194. The molecule has 234 valence electrons. The molecule has 0 saturated heterocycles. The molecule has 0 amide bonds. The van der Waals surface area contributed by atoms with Crippen LogP contribution in [0, 0.1) is 0 Å². The number of rotatable bonds is 4. The third-order valence-corrected chi connectivity index (χ3v) is 10.9. The maximum absolute atomic E-state index is 6.76.